The molecule has 0 saturated heterocycles. The zero-order valence-corrected chi connectivity index (χ0v) is 38.4. The van der Waals surface area contributed by atoms with E-state index in [4.69, 9.17) is 9.05 Å². The molecule has 0 saturated carbocycles. The first-order chi connectivity index (χ1) is 28.0. The third-order valence-corrected chi connectivity index (χ3v) is 10.3. The van der Waals surface area contributed by atoms with Crippen LogP contribution in [-0.2, 0) is 18.4 Å². The SMILES string of the molecule is CC/C=C\C/C=C\C/C=C\C/C=C\C/C=C\C/C=C\CCC(=O)NC(COP(=O)(O)OCC[N+](C)(C)C)C(O)/C=C/CC/C=C/CCCCCCCCCCCCC. The number of quaternary nitrogens is 1. The Morgan fingerprint density at radius 2 is 1.05 bits per heavy atom. The maximum atomic E-state index is 12.8. The molecule has 3 unspecified atom stereocenters. The van der Waals surface area contributed by atoms with Crippen molar-refractivity contribution in [1.29, 1.82) is 0 Å². The van der Waals surface area contributed by atoms with Crippen LogP contribution in [0.5, 0.6) is 0 Å². The van der Waals surface area contributed by atoms with Gasteiger partial charge in [-0.25, -0.2) is 4.57 Å². The van der Waals surface area contributed by atoms with Crippen molar-refractivity contribution < 1.29 is 32.9 Å². The number of hydrogen-bond donors (Lipinski definition) is 3. The predicted molar refractivity (Wildman–Crippen MR) is 249 cm³/mol. The molecule has 0 aliphatic carbocycles. The van der Waals surface area contributed by atoms with Gasteiger partial charge in [-0.15, -0.1) is 0 Å². The van der Waals surface area contributed by atoms with Crippen LogP contribution in [0.2, 0.25) is 0 Å². The number of amides is 1. The molecule has 0 aliphatic rings. The lowest BCUT2D eigenvalue weighted by molar-refractivity contribution is -0.870. The summed E-state index contributed by atoms with van der Waals surface area (Å²) in [5.74, 6) is -0.273. The Hall–Kier alpha value is -2.58. The fraction of sp³-hybridized carbons (Fsp3) is 0.653. The summed E-state index contributed by atoms with van der Waals surface area (Å²) in [6.45, 7) is 4.59. The first-order valence-electron chi connectivity index (χ1n) is 22.6. The Morgan fingerprint density at radius 3 is 1.57 bits per heavy atom. The highest BCUT2D eigenvalue weighted by Crippen LogP contribution is 2.43. The van der Waals surface area contributed by atoms with Gasteiger partial charge in [0.1, 0.15) is 13.2 Å². The highest BCUT2D eigenvalue weighted by Gasteiger charge is 2.27. The third kappa shape index (κ3) is 41.6. The quantitative estimate of drug-likeness (QED) is 0.0247. The molecule has 332 valence electrons. The van der Waals surface area contributed by atoms with Gasteiger partial charge in [-0.2, -0.15) is 0 Å². The molecule has 0 radical (unpaired) electrons. The van der Waals surface area contributed by atoms with Gasteiger partial charge < -0.3 is 19.8 Å². The number of aliphatic hydroxyl groups is 1. The number of likely N-dealkylation sites (N-methyl/N-ethyl adjacent to an activating group) is 1. The second-order valence-electron chi connectivity index (χ2n) is 16.0. The van der Waals surface area contributed by atoms with Gasteiger partial charge in [-0.1, -0.05) is 175 Å². The number of hydrogen-bond acceptors (Lipinski definition) is 5. The highest BCUT2D eigenvalue weighted by molar-refractivity contribution is 7.47. The number of nitrogens with one attached hydrogen (secondary N) is 1. The Balaban J connectivity index is 4.63. The Kier molecular flexibility index (Phi) is 38.1. The smallest absolute Gasteiger partial charge is 0.387 e. The first-order valence-corrected chi connectivity index (χ1v) is 24.1. The summed E-state index contributed by atoms with van der Waals surface area (Å²) in [6, 6.07) is -0.909. The van der Waals surface area contributed by atoms with Crippen LogP contribution in [0, 0.1) is 0 Å². The number of carbonyl (C=O) groups excluding carboxylic acids is 1. The van der Waals surface area contributed by atoms with Crippen molar-refractivity contribution in [1.82, 2.24) is 5.32 Å². The topological polar surface area (TPSA) is 105 Å². The van der Waals surface area contributed by atoms with Crippen molar-refractivity contribution >= 4 is 13.7 Å². The van der Waals surface area contributed by atoms with E-state index in [-0.39, 0.29) is 25.5 Å². The van der Waals surface area contributed by atoms with E-state index in [9.17, 15) is 19.4 Å². The molecule has 3 N–H and O–H groups in total. The summed E-state index contributed by atoms with van der Waals surface area (Å²) in [7, 11) is 1.49. The van der Waals surface area contributed by atoms with Gasteiger partial charge in [0.15, 0.2) is 0 Å². The normalized spacial score (nSPS) is 15.2. The number of allylic oxidation sites excluding steroid dienone is 15. The number of aliphatic hydroxyl groups excluding tert-OH is 1. The lowest BCUT2D eigenvalue weighted by atomic mass is 10.1. The number of rotatable bonds is 39. The van der Waals surface area contributed by atoms with E-state index < -0.39 is 20.0 Å². The van der Waals surface area contributed by atoms with Crippen molar-refractivity contribution in [2.24, 2.45) is 0 Å². The molecule has 8 nitrogen and oxygen atoms in total. The minimum absolute atomic E-state index is 0.0372. The van der Waals surface area contributed by atoms with Crippen molar-refractivity contribution in [3.05, 3.63) is 97.2 Å². The first kappa shape index (κ1) is 55.4. The number of carbonyl (C=O) groups is 1. The second-order valence-corrected chi connectivity index (χ2v) is 17.5. The zero-order chi connectivity index (χ0) is 42.8. The summed E-state index contributed by atoms with van der Waals surface area (Å²) < 4.78 is 23.5. The molecule has 0 aromatic heterocycles. The molecule has 58 heavy (non-hydrogen) atoms. The van der Waals surface area contributed by atoms with Gasteiger partial charge in [-0.05, 0) is 70.6 Å². The van der Waals surface area contributed by atoms with E-state index in [0.29, 0.717) is 17.4 Å². The van der Waals surface area contributed by atoms with Crippen molar-refractivity contribution in [3.63, 3.8) is 0 Å². The fourth-order valence-corrected chi connectivity index (χ4v) is 6.46. The molecule has 0 bridgehead atoms. The predicted octanol–water partition coefficient (Wildman–Crippen LogP) is 12.7. The molecular formula is C49H86N2O6P+. The van der Waals surface area contributed by atoms with Crippen LogP contribution in [-0.4, -0.2) is 73.4 Å². The third-order valence-electron chi connectivity index (χ3n) is 9.30. The molecule has 0 aromatic rings. The lowest BCUT2D eigenvalue weighted by Crippen LogP contribution is -2.45. The summed E-state index contributed by atoms with van der Waals surface area (Å²) in [6.07, 6.45) is 56.4. The standard InChI is InChI=1S/C49H85N2O6P/c1-6-8-10-12-14-16-18-20-22-24-25-27-29-31-33-35-37-39-41-43-49(53)50-47(46-57-58(54,55)56-45-44-51(3,4)5)48(52)42-40-38-36-34-32-30-28-26-23-21-19-17-15-13-11-9-7-2/h8,10,14,16,20,22,25,27,31-34,37,39-40,42,47-48,52H,6-7,9,11-13,15,17-19,21,23-24,26,28-30,35-36,38,41,43-46H2,1-5H3,(H-,50,53,54,55)/p+1/b10-8-,16-14-,22-20-,27-25-,33-31-,34-32+,39-37-,42-40+. The van der Waals surface area contributed by atoms with E-state index in [0.717, 1.165) is 57.8 Å². The number of unbranched alkanes of at least 4 members (excludes halogenated alkanes) is 12. The molecule has 0 rings (SSSR count). The van der Waals surface area contributed by atoms with E-state index in [2.05, 4.69) is 92.1 Å². The van der Waals surface area contributed by atoms with Crippen LogP contribution in [0.25, 0.3) is 0 Å². The van der Waals surface area contributed by atoms with Crippen LogP contribution >= 0.6 is 7.82 Å². The van der Waals surface area contributed by atoms with Gasteiger partial charge in [0.25, 0.3) is 0 Å². The zero-order valence-electron chi connectivity index (χ0n) is 37.5. The molecule has 9 heteroatoms. The molecule has 0 aromatic carbocycles. The molecular weight excluding hydrogens is 744 g/mol. The van der Waals surface area contributed by atoms with Crippen molar-refractivity contribution in [3.8, 4) is 0 Å². The van der Waals surface area contributed by atoms with Gasteiger partial charge in [-0.3, -0.25) is 13.8 Å². The summed E-state index contributed by atoms with van der Waals surface area (Å²) in [4.78, 5) is 23.1. The minimum Gasteiger partial charge on any atom is -0.387 e. The van der Waals surface area contributed by atoms with Gasteiger partial charge in [0, 0.05) is 6.42 Å². The Labute approximate surface area is 356 Å². The van der Waals surface area contributed by atoms with E-state index in [1.54, 1.807) is 6.08 Å². The molecule has 0 heterocycles. The number of phosphoric ester groups is 1. The largest absolute Gasteiger partial charge is 0.472 e. The van der Waals surface area contributed by atoms with Crippen LogP contribution in [0.4, 0.5) is 0 Å². The Morgan fingerprint density at radius 1 is 0.603 bits per heavy atom. The lowest BCUT2D eigenvalue weighted by Gasteiger charge is -2.25. The maximum Gasteiger partial charge on any atom is 0.472 e. The Bertz CT molecular complexity index is 1260. The number of phosphoric acid groups is 1. The van der Waals surface area contributed by atoms with Crippen LogP contribution in [0.3, 0.4) is 0 Å². The van der Waals surface area contributed by atoms with Crippen molar-refractivity contribution in [2.75, 3.05) is 40.9 Å². The highest BCUT2D eigenvalue weighted by atomic mass is 31.2. The molecule has 0 spiro atoms. The average Bonchev–Trinajstić information content (AvgIpc) is 3.17. The summed E-state index contributed by atoms with van der Waals surface area (Å²) >= 11 is 0. The summed E-state index contributed by atoms with van der Waals surface area (Å²) in [5.41, 5.74) is 0. The molecule has 3 atom stereocenters. The number of nitrogens with zero attached hydrogens (tertiary/aromatic N) is 1. The van der Waals surface area contributed by atoms with Gasteiger partial charge in [0.2, 0.25) is 5.91 Å². The van der Waals surface area contributed by atoms with Crippen LogP contribution < -0.4 is 5.32 Å². The van der Waals surface area contributed by atoms with E-state index >= 15 is 0 Å². The fourth-order valence-electron chi connectivity index (χ4n) is 5.72. The monoisotopic (exact) mass is 830 g/mol. The average molecular weight is 830 g/mol. The van der Waals surface area contributed by atoms with Gasteiger partial charge >= 0.3 is 7.82 Å². The van der Waals surface area contributed by atoms with Gasteiger partial charge in [0.05, 0.1) is 39.9 Å². The van der Waals surface area contributed by atoms with E-state index in [1.165, 1.54) is 70.6 Å². The van der Waals surface area contributed by atoms with E-state index in [1.807, 2.05) is 39.4 Å². The van der Waals surface area contributed by atoms with Crippen LogP contribution in [0.15, 0.2) is 97.2 Å². The maximum absolute atomic E-state index is 12.8. The molecule has 1 amide bonds. The van der Waals surface area contributed by atoms with Crippen molar-refractivity contribution in [2.45, 2.75) is 167 Å². The summed E-state index contributed by atoms with van der Waals surface area (Å²) in [5, 5.41) is 13.7. The second kappa shape index (κ2) is 39.9. The van der Waals surface area contributed by atoms with Crippen LogP contribution in [0.1, 0.15) is 155 Å². The molecule has 0 aliphatic heterocycles. The molecule has 0 fully saturated rings. The minimum atomic E-state index is -4.37.